The highest BCUT2D eigenvalue weighted by atomic mass is 16.5. The van der Waals surface area contributed by atoms with E-state index in [1.165, 1.54) is 6.92 Å². The molecule has 7 atom stereocenters. The van der Waals surface area contributed by atoms with Crippen LogP contribution in [0.4, 0.5) is 0 Å². The lowest BCUT2D eigenvalue weighted by Gasteiger charge is -2.42. The Morgan fingerprint density at radius 2 is 1.65 bits per heavy atom. The molecule has 1 aliphatic heterocycles. The van der Waals surface area contributed by atoms with Gasteiger partial charge in [0, 0.05) is 6.42 Å². The zero-order chi connectivity index (χ0) is 13.2. The molecule has 7 heteroatoms. The lowest BCUT2D eigenvalue weighted by molar-refractivity contribution is -0.249. The summed E-state index contributed by atoms with van der Waals surface area (Å²) in [6.45, 7) is 0.858. The molecule has 1 rings (SSSR count). The minimum absolute atomic E-state index is 0.0552. The first kappa shape index (κ1) is 14.8. The van der Waals surface area contributed by atoms with Crippen molar-refractivity contribution in [2.45, 2.75) is 56.1 Å². The van der Waals surface area contributed by atoms with E-state index >= 15 is 0 Å². The van der Waals surface area contributed by atoms with Crippen LogP contribution in [0, 0.1) is 0 Å². The molecule has 0 aliphatic carbocycles. The molecule has 102 valence electrons. The van der Waals surface area contributed by atoms with Gasteiger partial charge >= 0.3 is 0 Å². The van der Waals surface area contributed by atoms with Gasteiger partial charge in [-0.3, -0.25) is 0 Å². The van der Waals surface area contributed by atoms with Gasteiger partial charge in [-0.05, 0) is 6.92 Å². The number of hydrogen-bond acceptors (Lipinski definition) is 7. The minimum atomic E-state index is -1.49. The third-order valence-electron chi connectivity index (χ3n) is 2.89. The summed E-state index contributed by atoms with van der Waals surface area (Å²) in [6, 6.07) is 0. The van der Waals surface area contributed by atoms with Crippen molar-refractivity contribution in [1.82, 2.24) is 0 Å². The quantitative estimate of drug-likeness (QED) is 0.313. The van der Waals surface area contributed by atoms with E-state index in [9.17, 15) is 25.5 Å². The maximum Gasteiger partial charge on any atom is 0.115 e. The van der Waals surface area contributed by atoms with Crippen molar-refractivity contribution in [3.05, 3.63) is 0 Å². The van der Waals surface area contributed by atoms with Gasteiger partial charge in [-0.15, -0.1) is 0 Å². The molecule has 17 heavy (non-hydrogen) atoms. The van der Waals surface area contributed by atoms with E-state index in [4.69, 9.17) is 9.84 Å². The first-order valence-electron chi connectivity index (χ1n) is 5.55. The highest BCUT2D eigenvalue weighted by Crippen LogP contribution is 2.25. The van der Waals surface area contributed by atoms with E-state index in [0.29, 0.717) is 0 Å². The fourth-order valence-electron chi connectivity index (χ4n) is 1.93. The molecule has 0 unspecified atom stereocenters. The van der Waals surface area contributed by atoms with Crippen molar-refractivity contribution in [1.29, 1.82) is 0 Å². The highest BCUT2D eigenvalue weighted by molar-refractivity contribution is 4.95. The Morgan fingerprint density at radius 3 is 2.12 bits per heavy atom. The van der Waals surface area contributed by atoms with Crippen LogP contribution in [-0.2, 0) is 4.74 Å². The molecule has 6 N–H and O–H groups in total. The van der Waals surface area contributed by atoms with Gasteiger partial charge in [0.2, 0.25) is 0 Å². The summed E-state index contributed by atoms with van der Waals surface area (Å²) >= 11 is 0. The Balaban J connectivity index is 2.75. The predicted molar refractivity (Wildman–Crippen MR) is 56.1 cm³/mol. The van der Waals surface area contributed by atoms with E-state index < -0.39 is 49.3 Å². The fourth-order valence-corrected chi connectivity index (χ4v) is 1.93. The lowest BCUT2D eigenvalue weighted by Crippen LogP contribution is -2.61. The van der Waals surface area contributed by atoms with Crippen LogP contribution in [0.3, 0.4) is 0 Å². The van der Waals surface area contributed by atoms with E-state index in [2.05, 4.69) is 0 Å². The number of hydrogen-bond donors (Lipinski definition) is 6. The largest absolute Gasteiger partial charge is 0.394 e. The molecule has 0 amide bonds. The third kappa shape index (κ3) is 3.35. The zero-order valence-electron chi connectivity index (χ0n) is 9.55. The van der Waals surface area contributed by atoms with Crippen LogP contribution in [0.2, 0.25) is 0 Å². The van der Waals surface area contributed by atoms with Gasteiger partial charge < -0.3 is 35.4 Å². The molecule has 1 aliphatic rings. The number of ether oxygens (including phenoxy) is 1. The van der Waals surface area contributed by atoms with Crippen molar-refractivity contribution < 1.29 is 35.4 Å². The van der Waals surface area contributed by atoms with Gasteiger partial charge in [0.15, 0.2) is 0 Å². The molecule has 1 saturated heterocycles. The highest BCUT2D eigenvalue weighted by Gasteiger charge is 2.46. The second-order valence-corrected chi connectivity index (χ2v) is 4.45. The lowest BCUT2D eigenvalue weighted by atomic mass is 9.90. The van der Waals surface area contributed by atoms with E-state index in [0.717, 1.165) is 0 Å². The van der Waals surface area contributed by atoms with Crippen LogP contribution in [0.1, 0.15) is 13.3 Å². The van der Waals surface area contributed by atoms with E-state index in [-0.39, 0.29) is 6.42 Å². The molecule has 0 bridgehead atoms. The second-order valence-electron chi connectivity index (χ2n) is 4.45. The summed E-state index contributed by atoms with van der Waals surface area (Å²) in [5.41, 5.74) is 0. The van der Waals surface area contributed by atoms with E-state index in [1.807, 2.05) is 0 Å². The second kappa shape index (κ2) is 6.05. The Kier molecular flexibility index (Phi) is 5.26. The molecular weight excluding hydrogens is 232 g/mol. The van der Waals surface area contributed by atoms with Gasteiger partial charge in [0.05, 0.1) is 18.8 Å². The Labute approximate surface area is 98.9 Å². The van der Waals surface area contributed by atoms with Gasteiger partial charge in [-0.2, -0.15) is 0 Å². The zero-order valence-corrected chi connectivity index (χ0v) is 9.55. The smallest absolute Gasteiger partial charge is 0.115 e. The number of rotatable bonds is 4. The van der Waals surface area contributed by atoms with Crippen LogP contribution >= 0.6 is 0 Å². The Morgan fingerprint density at radius 1 is 1.06 bits per heavy atom. The van der Waals surface area contributed by atoms with Crippen molar-refractivity contribution in [3.8, 4) is 0 Å². The molecular formula is C10H20O7. The van der Waals surface area contributed by atoms with Gasteiger partial charge in [0.25, 0.3) is 0 Å². The molecule has 7 nitrogen and oxygen atoms in total. The van der Waals surface area contributed by atoms with Crippen LogP contribution in [0.5, 0.6) is 0 Å². The Hall–Kier alpha value is -0.280. The SMILES string of the molecule is C[C@H](O)C[C@@H]1O[C@H]([C@@H](O)CO)[C@@H](O)[C@H](O)[C@@H]1O. The first-order valence-corrected chi connectivity index (χ1v) is 5.55. The number of aliphatic hydroxyl groups is 6. The number of aliphatic hydroxyl groups excluding tert-OH is 6. The molecule has 1 fully saturated rings. The topological polar surface area (TPSA) is 131 Å². The van der Waals surface area contributed by atoms with Gasteiger partial charge in [0.1, 0.15) is 30.5 Å². The molecule has 0 saturated carbocycles. The first-order chi connectivity index (χ1) is 7.88. The standard InChI is InChI=1S/C10H20O7/c1-4(12)2-6-7(14)8(15)9(16)10(17-6)5(13)3-11/h4-16H,2-3H2,1H3/t4-,5-,6-,7+,8+,9-,10+/m0/s1. The van der Waals surface area contributed by atoms with E-state index in [1.54, 1.807) is 0 Å². The van der Waals surface area contributed by atoms with Crippen molar-refractivity contribution in [2.24, 2.45) is 0 Å². The van der Waals surface area contributed by atoms with Crippen LogP contribution in [0.15, 0.2) is 0 Å². The predicted octanol–water partition coefficient (Wildman–Crippen LogP) is -3.04. The minimum Gasteiger partial charge on any atom is -0.394 e. The van der Waals surface area contributed by atoms with Crippen molar-refractivity contribution in [3.63, 3.8) is 0 Å². The average molecular weight is 252 g/mol. The molecule has 0 aromatic carbocycles. The molecule has 0 aromatic rings. The summed E-state index contributed by atoms with van der Waals surface area (Å²) in [5.74, 6) is 0. The van der Waals surface area contributed by atoms with Gasteiger partial charge in [-0.25, -0.2) is 0 Å². The van der Waals surface area contributed by atoms with Crippen LogP contribution < -0.4 is 0 Å². The normalized spacial score (nSPS) is 42.2. The molecule has 0 aromatic heterocycles. The van der Waals surface area contributed by atoms with Crippen molar-refractivity contribution in [2.75, 3.05) is 6.61 Å². The summed E-state index contributed by atoms with van der Waals surface area (Å²) < 4.78 is 5.21. The van der Waals surface area contributed by atoms with Crippen molar-refractivity contribution >= 4 is 0 Å². The maximum atomic E-state index is 9.64. The maximum absolute atomic E-state index is 9.64. The summed E-state index contributed by atoms with van der Waals surface area (Å²) in [7, 11) is 0. The monoisotopic (exact) mass is 252 g/mol. The average Bonchev–Trinajstić information content (AvgIpc) is 2.28. The summed E-state index contributed by atoms with van der Waals surface area (Å²) in [4.78, 5) is 0. The van der Waals surface area contributed by atoms with Crippen LogP contribution in [0.25, 0.3) is 0 Å². The molecule has 0 spiro atoms. The summed E-state index contributed by atoms with van der Waals surface area (Å²) in [6.07, 6.45) is -8.48. The third-order valence-corrected chi connectivity index (χ3v) is 2.89. The van der Waals surface area contributed by atoms with Gasteiger partial charge in [-0.1, -0.05) is 0 Å². The van der Waals surface area contributed by atoms with Crippen LogP contribution in [-0.4, -0.2) is 80.0 Å². The fraction of sp³-hybridized carbons (Fsp3) is 1.00. The molecule has 0 radical (unpaired) electrons. The Bertz CT molecular complexity index is 235. The summed E-state index contributed by atoms with van der Waals surface area (Å²) in [5, 5.41) is 56.2. The molecule has 1 heterocycles.